The van der Waals surface area contributed by atoms with Gasteiger partial charge in [0, 0.05) is 11.0 Å². The quantitative estimate of drug-likeness (QED) is 0.814. The van der Waals surface area contributed by atoms with E-state index in [2.05, 4.69) is 21.2 Å². The van der Waals surface area contributed by atoms with E-state index in [0.717, 1.165) is 5.56 Å². The Morgan fingerprint density at radius 3 is 2.42 bits per heavy atom. The highest BCUT2D eigenvalue weighted by Crippen LogP contribution is 2.22. The third kappa shape index (κ3) is 3.48. The predicted molar refractivity (Wildman–Crippen MR) is 75.1 cm³/mol. The van der Waals surface area contributed by atoms with E-state index in [1.54, 1.807) is 36.4 Å². The number of hydrogen-bond donors (Lipinski definition) is 3. The fourth-order valence-corrected chi connectivity index (χ4v) is 1.94. The largest absolute Gasteiger partial charge is 0.508 e. The van der Waals surface area contributed by atoms with Gasteiger partial charge in [0.05, 0.1) is 5.56 Å². The van der Waals surface area contributed by atoms with Gasteiger partial charge in [-0.15, -0.1) is 0 Å². The van der Waals surface area contributed by atoms with Crippen LogP contribution in [-0.4, -0.2) is 16.1 Å². The van der Waals surface area contributed by atoms with E-state index in [9.17, 15) is 9.90 Å². The molecule has 0 saturated heterocycles. The van der Waals surface area contributed by atoms with E-state index in [0.29, 0.717) is 11.0 Å². The first-order valence-electron chi connectivity index (χ1n) is 5.61. The number of carbonyl (C=O) groups is 1. The monoisotopic (exact) mass is 321 g/mol. The van der Waals surface area contributed by atoms with Gasteiger partial charge in [-0.05, 0) is 35.9 Å². The molecule has 0 aliphatic rings. The predicted octanol–water partition coefficient (Wildman–Crippen LogP) is 2.79. The van der Waals surface area contributed by atoms with Crippen LogP contribution in [0.15, 0.2) is 46.9 Å². The average Bonchev–Trinajstić information content (AvgIpc) is 2.37. The molecule has 2 aromatic rings. The van der Waals surface area contributed by atoms with Crippen molar-refractivity contribution in [1.29, 1.82) is 0 Å². The minimum absolute atomic E-state index is 0.0717. The van der Waals surface area contributed by atoms with Gasteiger partial charge in [0.15, 0.2) is 0 Å². The van der Waals surface area contributed by atoms with Crippen molar-refractivity contribution >= 4 is 21.8 Å². The maximum atomic E-state index is 11.9. The molecule has 0 radical (unpaired) electrons. The summed E-state index contributed by atoms with van der Waals surface area (Å²) in [5.74, 6) is -0.240. The highest BCUT2D eigenvalue weighted by molar-refractivity contribution is 9.10. The van der Waals surface area contributed by atoms with Gasteiger partial charge in [0.2, 0.25) is 0 Å². The average molecular weight is 322 g/mol. The zero-order chi connectivity index (χ0) is 13.8. The third-order valence-electron chi connectivity index (χ3n) is 2.59. The molecule has 0 spiro atoms. The van der Waals surface area contributed by atoms with Gasteiger partial charge >= 0.3 is 0 Å². The van der Waals surface area contributed by atoms with Crippen LogP contribution in [0.25, 0.3) is 0 Å². The lowest BCUT2D eigenvalue weighted by Gasteiger charge is -2.07. The Balaban J connectivity index is 2.03. The second-order valence-electron chi connectivity index (χ2n) is 4.01. The Hall–Kier alpha value is -2.01. The lowest BCUT2D eigenvalue weighted by atomic mass is 10.1. The zero-order valence-corrected chi connectivity index (χ0v) is 11.5. The fourth-order valence-electron chi connectivity index (χ4n) is 1.59. The van der Waals surface area contributed by atoms with Gasteiger partial charge in [0.1, 0.15) is 11.5 Å². The molecule has 1 amide bonds. The first-order chi connectivity index (χ1) is 9.06. The molecule has 19 heavy (non-hydrogen) atoms. The SMILES string of the molecule is O=C(NCc1ccc(O)cc1)c1ccc(Br)cc1O. The molecular weight excluding hydrogens is 310 g/mol. The summed E-state index contributed by atoms with van der Waals surface area (Å²) in [6, 6.07) is 11.3. The smallest absolute Gasteiger partial charge is 0.255 e. The number of carbonyl (C=O) groups excluding carboxylic acids is 1. The van der Waals surface area contributed by atoms with Crippen LogP contribution >= 0.6 is 15.9 Å². The minimum Gasteiger partial charge on any atom is -0.508 e. The standard InChI is InChI=1S/C14H12BrNO3/c15-10-3-6-12(13(18)7-10)14(19)16-8-9-1-4-11(17)5-2-9/h1-7,17-18H,8H2,(H,16,19). The summed E-state index contributed by atoms with van der Waals surface area (Å²) in [6.45, 7) is 0.328. The number of benzene rings is 2. The summed E-state index contributed by atoms with van der Waals surface area (Å²) >= 11 is 3.21. The summed E-state index contributed by atoms with van der Waals surface area (Å²) in [6.07, 6.45) is 0. The number of amides is 1. The number of phenols is 2. The summed E-state index contributed by atoms with van der Waals surface area (Å²) in [5.41, 5.74) is 1.09. The Morgan fingerprint density at radius 1 is 1.11 bits per heavy atom. The van der Waals surface area contributed by atoms with E-state index in [-0.39, 0.29) is 23.0 Å². The first kappa shape index (κ1) is 13.4. The van der Waals surface area contributed by atoms with Crippen molar-refractivity contribution in [3.05, 3.63) is 58.1 Å². The number of rotatable bonds is 3. The normalized spacial score (nSPS) is 10.2. The molecule has 98 valence electrons. The topological polar surface area (TPSA) is 69.6 Å². The third-order valence-corrected chi connectivity index (χ3v) is 3.09. The molecule has 5 heteroatoms. The second-order valence-corrected chi connectivity index (χ2v) is 4.93. The molecule has 0 aromatic heterocycles. The van der Waals surface area contributed by atoms with Crippen LogP contribution < -0.4 is 5.32 Å². The fraction of sp³-hybridized carbons (Fsp3) is 0.0714. The van der Waals surface area contributed by atoms with Gasteiger partial charge in [-0.3, -0.25) is 4.79 Å². The molecule has 0 fully saturated rings. The van der Waals surface area contributed by atoms with Crippen molar-refractivity contribution in [3.63, 3.8) is 0 Å². The van der Waals surface area contributed by atoms with Crippen LogP contribution in [0, 0.1) is 0 Å². The first-order valence-corrected chi connectivity index (χ1v) is 6.40. The molecule has 3 N–H and O–H groups in total. The van der Waals surface area contributed by atoms with Gasteiger partial charge in [-0.1, -0.05) is 28.1 Å². The lowest BCUT2D eigenvalue weighted by Crippen LogP contribution is -2.22. The summed E-state index contributed by atoms with van der Waals surface area (Å²) in [4.78, 5) is 11.9. The van der Waals surface area contributed by atoms with Crippen molar-refractivity contribution < 1.29 is 15.0 Å². The van der Waals surface area contributed by atoms with Crippen molar-refractivity contribution in [2.24, 2.45) is 0 Å². The molecular formula is C14H12BrNO3. The Labute approximate surface area is 118 Å². The highest BCUT2D eigenvalue weighted by atomic mass is 79.9. The maximum Gasteiger partial charge on any atom is 0.255 e. The number of nitrogens with one attached hydrogen (secondary N) is 1. The van der Waals surface area contributed by atoms with Crippen LogP contribution in [0.4, 0.5) is 0 Å². The molecule has 4 nitrogen and oxygen atoms in total. The molecule has 0 aliphatic heterocycles. The Kier molecular flexibility index (Phi) is 4.06. The molecule has 2 aromatic carbocycles. The number of hydrogen-bond acceptors (Lipinski definition) is 3. The minimum atomic E-state index is -0.349. The van der Waals surface area contributed by atoms with E-state index in [1.807, 2.05) is 0 Å². The molecule has 0 saturated carbocycles. The van der Waals surface area contributed by atoms with Crippen molar-refractivity contribution in [3.8, 4) is 11.5 Å². The van der Waals surface area contributed by atoms with E-state index >= 15 is 0 Å². The Bertz CT molecular complexity index is 596. The molecule has 0 heterocycles. The summed E-state index contributed by atoms with van der Waals surface area (Å²) < 4.78 is 0.708. The second kappa shape index (κ2) is 5.75. The van der Waals surface area contributed by atoms with Crippen LogP contribution in [0.3, 0.4) is 0 Å². The van der Waals surface area contributed by atoms with Crippen molar-refractivity contribution in [2.75, 3.05) is 0 Å². The summed E-state index contributed by atoms with van der Waals surface area (Å²) in [7, 11) is 0. The van der Waals surface area contributed by atoms with Gasteiger partial charge in [-0.2, -0.15) is 0 Å². The highest BCUT2D eigenvalue weighted by Gasteiger charge is 2.10. The van der Waals surface area contributed by atoms with Gasteiger partial charge in [0.25, 0.3) is 5.91 Å². The summed E-state index contributed by atoms with van der Waals surface area (Å²) in [5, 5.41) is 21.5. The van der Waals surface area contributed by atoms with Crippen LogP contribution in [0.5, 0.6) is 11.5 Å². The maximum absolute atomic E-state index is 11.9. The van der Waals surface area contributed by atoms with E-state index in [1.165, 1.54) is 6.07 Å². The van der Waals surface area contributed by atoms with E-state index < -0.39 is 0 Å². The Morgan fingerprint density at radius 2 is 1.79 bits per heavy atom. The zero-order valence-electron chi connectivity index (χ0n) is 9.93. The van der Waals surface area contributed by atoms with Crippen LogP contribution in [0.1, 0.15) is 15.9 Å². The van der Waals surface area contributed by atoms with Crippen molar-refractivity contribution in [1.82, 2.24) is 5.32 Å². The van der Waals surface area contributed by atoms with E-state index in [4.69, 9.17) is 5.11 Å². The number of phenolic OH excluding ortho intramolecular Hbond substituents is 2. The number of aromatic hydroxyl groups is 2. The molecule has 0 aliphatic carbocycles. The van der Waals surface area contributed by atoms with Crippen molar-refractivity contribution in [2.45, 2.75) is 6.54 Å². The molecule has 0 bridgehead atoms. The van der Waals surface area contributed by atoms with Crippen LogP contribution in [-0.2, 0) is 6.54 Å². The number of halogens is 1. The van der Waals surface area contributed by atoms with Gasteiger partial charge < -0.3 is 15.5 Å². The molecule has 0 unspecified atom stereocenters. The molecule has 2 rings (SSSR count). The van der Waals surface area contributed by atoms with Crippen LogP contribution in [0.2, 0.25) is 0 Å². The van der Waals surface area contributed by atoms with Gasteiger partial charge in [-0.25, -0.2) is 0 Å². The lowest BCUT2D eigenvalue weighted by molar-refractivity contribution is 0.0948. The molecule has 0 atom stereocenters.